The van der Waals surface area contributed by atoms with Gasteiger partial charge in [-0.3, -0.25) is 9.59 Å². The molecule has 0 aliphatic carbocycles. The fraction of sp³-hybridized carbons (Fsp3) is 0.263. The third kappa shape index (κ3) is 5.10. The van der Waals surface area contributed by atoms with Gasteiger partial charge in [0.25, 0.3) is 0 Å². The maximum absolute atomic E-state index is 12.4. The second-order valence-corrected chi connectivity index (χ2v) is 6.31. The van der Waals surface area contributed by atoms with Crippen molar-refractivity contribution < 1.29 is 9.59 Å². The molecule has 2 amide bonds. The molecule has 0 saturated carbocycles. The molecule has 2 N–H and O–H groups in total. The molecule has 5 heteroatoms. The predicted octanol–water partition coefficient (Wildman–Crippen LogP) is 4.16. The van der Waals surface area contributed by atoms with Gasteiger partial charge in [-0.1, -0.05) is 47.5 Å². The zero-order valence-electron chi connectivity index (χ0n) is 14.0. The number of hydrogen-bond acceptors (Lipinski definition) is 2. The first kappa shape index (κ1) is 18.0. The second kappa shape index (κ2) is 7.97. The van der Waals surface area contributed by atoms with Crippen molar-refractivity contribution in [1.82, 2.24) is 5.32 Å². The van der Waals surface area contributed by atoms with E-state index < -0.39 is 0 Å². The minimum atomic E-state index is -0.382. The predicted molar refractivity (Wildman–Crippen MR) is 97.2 cm³/mol. The topological polar surface area (TPSA) is 58.2 Å². The van der Waals surface area contributed by atoms with Gasteiger partial charge >= 0.3 is 0 Å². The summed E-state index contributed by atoms with van der Waals surface area (Å²) in [5.41, 5.74) is 3.60. The van der Waals surface area contributed by atoms with Gasteiger partial charge in [-0.25, -0.2) is 0 Å². The highest BCUT2D eigenvalue weighted by atomic mass is 35.5. The number of carbonyl (C=O) groups is 2. The lowest BCUT2D eigenvalue weighted by Gasteiger charge is -2.18. The number of rotatable bonds is 5. The number of halogens is 1. The number of anilines is 1. The van der Waals surface area contributed by atoms with Crippen molar-refractivity contribution >= 4 is 29.1 Å². The molecule has 0 heterocycles. The summed E-state index contributed by atoms with van der Waals surface area (Å²) in [6.45, 7) is 5.36. The number of nitrogens with one attached hydrogen (secondary N) is 2. The maximum atomic E-state index is 12.4. The molecule has 0 fully saturated rings. The first-order valence-electron chi connectivity index (χ1n) is 7.75. The Labute approximate surface area is 147 Å². The van der Waals surface area contributed by atoms with E-state index in [9.17, 15) is 9.59 Å². The average Bonchev–Trinajstić information content (AvgIpc) is 2.50. The third-order valence-corrected chi connectivity index (χ3v) is 3.96. The summed E-state index contributed by atoms with van der Waals surface area (Å²) in [7, 11) is 0. The van der Waals surface area contributed by atoms with Crippen LogP contribution in [0.4, 0.5) is 5.69 Å². The van der Waals surface area contributed by atoms with Crippen LogP contribution in [0.25, 0.3) is 0 Å². The van der Waals surface area contributed by atoms with Gasteiger partial charge in [0.2, 0.25) is 11.8 Å². The number of carbonyl (C=O) groups excluding carboxylic acids is 2. The van der Waals surface area contributed by atoms with Crippen molar-refractivity contribution in [3.8, 4) is 0 Å². The molecule has 4 nitrogen and oxygen atoms in total. The Morgan fingerprint density at radius 3 is 2.25 bits per heavy atom. The molecule has 2 aromatic carbocycles. The van der Waals surface area contributed by atoms with Gasteiger partial charge in [-0.05, 0) is 37.1 Å². The van der Waals surface area contributed by atoms with Crippen molar-refractivity contribution in [2.24, 2.45) is 0 Å². The van der Waals surface area contributed by atoms with Gasteiger partial charge in [0.05, 0.1) is 23.2 Å². The van der Waals surface area contributed by atoms with Crippen LogP contribution in [-0.2, 0) is 9.59 Å². The SMILES string of the molecule is CC(=O)NC(CC(=O)Nc1ccc(C)cc1Cl)c1ccc(C)cc1. The average molecular weight is 345 g/mol. The lowest BCUT2D eigenvalue weighted by molar-refractivity contribution is -0.120. The van der Waals surface area contributed by atoms with Gasteiger partial charge in [0.1, 0.15) is 0 Å². The second-order valence-electron chi connectivity index (χ2n) is 5.90. The molecule has 0 aliphatic heterocycles. The van der Waals surface area contributed by atoms with Crippen molar-refractivity contribution in [3.05, 3.63) is 64.2 Å². The van der Waals surface area contributed by atoms with Crippen molar-refractivity contribution in [2.45, 2.75) is 33.2 Å². The van der Waals surface area contributed by atoms with Crippen LogP contribution >= 0.6 is 11.6 Å². The monoisotopic (exact) mass is 344 g/mol. The molecule has 0 spiro atoms. The van der Waals surface area contributed by atoms with Gasteiger partial charge in [-0.15, -0.1) is 0 Å². The van der Waals surface area contributed by atoms with E-state index in [-0.39, 0.29) is 24.3 Å². The minimum Gasteiger partial charge on any atom is -0.349 e. The fourth-order valence-electron chi connectivity index (χ4n) is 2.40. The molecule has 0 aromatic heterocycles. The van der Waals surface area contributed by atoms with E-state index in [0.29, 0.717) is 10.7 Å². The Morgan fingerprint density at radius 2 is 1.67 bits per heavy atom. The molecular formula is C19H21ClN2O2. The van der Waals surface area contributed by atoms with Crippen LogP contribution in [0.5, 0.6) is 0 Å². The Bertz CT molecular complexity index is 742. The summed E-state index contributed by atoms with van der Waals surface area (Å²) >= 11 is 6.14. The Morgan fingerprint density at radius 1 is 1.04 bits per heavy atom. The molecule has 0 radical (unpaired) electrons. The Balaban J connectivity index is 2.12. The van der Waals surface area contributed by atoms with E-state index in [1.807, 2.05) is 44.2 Å². The standard InChI is InChI=1S/C19H21ClN2O2/c1-12-4-7-15(8-5-12)18(21-14(3)23)11-19(24)22-17-9-6-13(2)10-16(17)20/h4-10,18H,11H2,1-3H3,(H,21,23)(H,22,24). The van der Waals surface area contributed by atoms with Crippen LogP contribution < -0.4 is 10.6 Å². The highest BCUT2D eigenvalue weighted by molar-refractivity contribution is 6.33. The molecule has 0 bridgehead atoms. The van der Waals surface area contributed by atoms with E-state index >= 15 is 0 Å². The van der Waals surface area contributed by atoms with E-state index in [2.05, 4.69) is 10.6 Å². The van der Waals surface area contributed by atoms with Crippen LogP contribution in [0.1, 0.15) is 36.1 Å². The van der Waals surface area contributed by atoms with Crippen molar-refractivity contribution in [2.75, 3.05) is 5.32 Å². The van der Waals surface area contributed by atoms with E-state index in [1.54, 1.807) is 12.1 Å². The van der Waals surface area contributed by atoms with E-state index in [1.165, 1.54) is 6.92 Å². The van der Waals surface area contributed by atoms with E-state index in [4.69, 9.17) is 11.6 Å². The van der Waals surface area contributed by atoms with Crippen LogP contribution in [0, 0.1) is 13.8 Å². The molecule has 1 unspecified atom stereocenters. The van der Waals surface area contributed by atoms with Crippen LogP contribution in [0.2, 0.25) is 5.02 Å². The van der Waals surface area contributed by atoms with Crippen molar-refractivity contribution in [3.63, 3.8) is 0 Å². The van der Waals surface area contributed by atoms with Gasteiger partial charge in [0.15, 0.2) is 0 Å². The Hall–Kier alpha value is -2.33. The van der Waals surface area contributed by atoms with E-state index in [0.717, 1.165) is 16.7 Å². The molecule has 0 aliphatic rings. The highest BCUT2D eigenvalue weighted by Crippen LogP contribution is 2.24. The summed E-state index contributed by atoms with van der Waals surface area (Å²) in [4.78, 5) is 23.8. The number of hydrogen-bond donors (Lipinski definition) is 2. The number of aryl methyl sites for hydroxylation is 2. The summed E-state index contributed by atoms with van der Waals surface area (Å²) in [6.07, 6.45) is 0.132. The molecule has 24 heavy (non-hydrogen) atoms. The minimum absolute atomic E-state index is 0.132. The zero-order valence-corrected chi connectivity index (χ0v) is 14.8. The smallest absolute Gasteiger partial charge is 0.226 e. The van der Waals surface area contributed by atoms with Crippen LogP contribution in [0.15, 0.2) is 42.5 Å². The fourth-order valence-corrected chi connectivity index (χ4v) is 2.69. The van der Waals surface area contributed by atoms with Gasteiger partial charge in [-0.2, -0.15) is 0 Å². The number of amides is 2. The Kier molecular flexibility index (Phi) is 5.99. The largest absolute Gasteiger partial charge is 0.349 e. The van der Waals surface area contributed by atoms with Gasteiger partial charge < -0.3 is 10.6 Å². The highest BCUT2D eigenvalue weighted by Gasteiger charge is 2.17. The summed E-state index contributed by atoms with van der Waals surface area (Å²) in [5.74, 6) is -0.387. The molecular weight excluding hydrogens is 324 g/mol. The summed E-state index contributed by atoms with van der Waals surface area (Å²) in [5, 5.41) is 6.12. The summed E-state index contributed by atoms with van der Waals surface area (Å²) in [6, 6.07) is 12.8. The lowest BCUT2D eigenvalue weighted by Crippen LogP contribution is -2.29. The quantitative estimate of drug-likeness (QED) is 0.855. The first-order chi connectivity index (χ1) is 11.3. The number of benzene rings is 2. The van der Waals surface area contributed by atoms with Crippen LogP contribution in [-0.4, -0.2) is 11.8 Å². The first-order valence-corrected chi connectivity index (χ1v) is 8.12. The third-order valence-electron chi connectivity index (χ3n) is 3.65. The zero-order chi connectivity index (χ0) is 17.7. The molecule has 126 valence electrons. The summed E-state index contributed by atoms with van der Waals surface area (Å²) < 4.78 is 0. The molecule has 0 saturated heterocycles. The normalized spacial score (nSPS) is 11.7. The maximum Gasteiger partial charge on any atom is 0.226 e. The van der Waals surface area contributed by atoms with Crippen molar-refractivity contribution in [1.29, 1.82) is 0 Å². The molecule has 2 rings (SSSR count). The lowest BCUT2D eigenvalue weighted by atomic mass is 10.0. The van der Waals surface area contributed by atoms with Gasteiger partial charge in [0, 0.05) is 6.92 Å². The molecule has 1 atom stereocenters. The molecule has 2 aromatic rings. The van der Waals surface area contributed by atoms with Crippen LogP contribution in [0.3, 0.4) is 0 Å².